The van der Waals surface area contributed by atoms with Crippen LogP contribution < -0.4 is 9.64 Å². The van der Waals surface area contributed by atoms with Crippen LogP contribution in [0.3, 0.4) is 0 Å². The minimum Gasteiger partial charge on any atom is -0.462 e. The number of piperazine rings is 1. The highest BCUT2D eigenvalue weighted by molar-refractivity contribution is 6.32. The van der Waals surface area contributed by atoms with E-state index in [0.717, 1.165) is 59.9 Å². The quantitative estimate of drug-likeness (QED) is 0.492. The number of rotatable bonds is 6. The Morgan fingerprint density at radius 3 is 2.95 bits per heavy atom. The summed E-state index contributed by atoms with van der Waals surface area (Å²) in [5, 5.41) is 10.3. The van der Waals surface area contributed by atoms with Crippen LogP contribution in [0.1, 0.15) is 48.1 Å². The van der Waals surface area contributed by atoms with Crippen molar-refractivity contribution in [2.45, 2.75) is 56.0 Å². The lowest BCUT2D eigenvalue weighted by molar-refractivity contribution is -0.128. The van der Waals surface area contributed by atoms with E-state index in [1.807, 2.05) is 12.1 Å². The third-order valence-corrected chi connectivity index (χ3v) is 9.49. The monoisotopic (exact) mass is 558 g/mol. The molecule has 1 aromatic carbocycles. The predicted molar refractivity (Wildman–Crippen MR) is 156 cm³/mol. The van der Waals surface area contributed by atoms with Crippen molar-refractivity contribution in [1.82, 2.24) is 19.8 Å². The van der Waals surface area contributed by atoms with Crippen LogP contribution >= 0.6 is 11.6 Å². The van der Waals surface area contributed by atoms with Gasteiger partial charge >= 0.3 is 6.01 Å². The number of carbonyl (C=O) groups is 1. The molecule has 1 aromatic heterocycles. The Morgan fingerprint density at radius 1 is 1.30 bits per heavy atom. The van der Waals surface area contributed by atoms with Crippen molar-refractivity contribution in [3.05, 3.63) is 64.3 Å². The number of halogens is 1. The average Bonchev–Trinajstić information content (AvgIpc) is 3.54. The molecule has 2 saturated heterocycles. The average molecular weight is 559 g/mol. The first-order chi connectivity index (χ1) is 19.4. The maximum Gasteiger partial charge on any atom is 0.318 e. The van der Waals surface area contributed by atoms with E-state index >= 15 is 0 Å². The highest BCUT2D eigenvalue weighted by Crippen LogP contribution is 2.48. The molecule has 208 valence electrons. The first kappa shape index (κ1) is 26.8. The van der Waals surface area contributed by atoms with Crippen LogP contribution in [-0.2, 0) is 23.1 Å². The third kappa shape index (κ3) is 4.76. The van der Waals surface area contributed by atoms with Gasteiger partial charge in [-0.3, -0.25) is 4.79 Å². The van der Waals surface area contributed by atoms with Gasteiger partial charge in [0.05, 0.1) is 24.2 Å². The number of likely N-dealkylation sites (tertiary alicyclic amines) is 1. The van der Waals surface area contributed by atoms with Gasteiger partial charge in [0.1, 0.15) is 12.4 Å². The van der Waals surface area contributed by atoms with Crippen molar-refractivity contribution < 1.29 is 9.53 Å². The molecule has 0 saturated carbocycles. The van der Waals surface area contributed by atoms with Crippen LogP contribution in [0.15, 0.2) is 36.9 Å². The van der Waals surface area contributed by atoms with Gasteiger partial charge in [0.15, 0.2) is 0 Å². The number of fused-ring (bicyclic) bond motifs is 3. The molecule has 6 rings (SSSR count). The Kier molecular flexibility index (Phi) is 7.28. The number of amides is 1. The van der Waals surface area contributed by atoms with E-state index in [2.05, 4.69) is 47.7 Å². The summed E-state index contributed by atoms with van der Waals surface area (Å²) in [5.74, 6) is 0.734. The number of anilines is 1. The van der Waals surface area contributed by atoms with Gasteiger partial charge in [0.25, 0.3) is 0 Å². The SMILES string of the molecule is C=CC(=O)N1CCN(c2nc(OC[C@@H]3CCCN3C)nc3c2CCC2(C=Cc4c(Cl)cccc42)C3)C[C@@H]1CC#N. The standard InChI is InChI=1S/C31H35ClN6O2/c1-3-28(39)38-17-16-37(19-21(38)11-14-33)29-24-10-13-31(12-9-23-25(31)7-4-8-26(23)32)18-27(24)34-30(35-29)40-20-22-6-5-15-36(22)2/h3-4,7-9,12,21-22H,1,5-6,10-11,13,15-20H2,2H3/t21-,22-,31?/m0/s1. The van der Waals surface area contributed by atoms with Gasteiger partial charge in [0.2, 0.25) is 5.91 Å². The Bertz CT molecular complexity index is 1400. The number of hydrogen-bond acceptors (Lipinski definition) is 7. The lowest BCUT2D eigenvalue weighted by atomic mass is 9.70. The fourth-order valence-electron chi connectivity index (χ4n) is 6.90. The number of ether oxygens (including phenoxy) is 1. The Labute approximate surface area is 240 Å². The van der Waals surface area contributed by atoms with E-state index in [-0.39, 0.29) is 23.8 Å². The molecule has 1 unspecified atom stereocenters. The number of nitrogens with zero attached hydrogens (tertiary/aromatic N) is 6. The molecule has 2 aliphatic carbocycles. The normalized spacial score (nSPS) is 25.5. The molecule has 4 aliphatic rings. The van der Waals surface area contributed by atoms with Gasteiger partial charge in [-0.25, -0.2) is 0 Å². The second-order valence-electron chi connectivity index (χ2n) is 11.4. The highest BCUT2D eigenvalue weighted by Gasteiger charge is 2.42. The summed E-state index contributed by atoms with van der Waals surface area (Å²) >= 11 is 6.56. The molecule has 8 nitrogen and oxygen atoms in total. The minimum absolute atomic E-state index is 0.137. The highest BCUT2D eigenvalue weighted by atomic mass is 35.5. The molecule has 0 bridgehead atoms. The summed E-state index contributed by atoms with van der Waals surface area (Å²) in [4.78, 5) is 28.8. The molecular formula is C31H35ClN6O2. The zero-order chi connectivity index (χ0) is 27.9. The van der Waals surface area contributed by atoms with Gasteiger partial charge in [-0.05, 0) is 62.5 Å². The van der Waals surface area contributed by atoms with Crippen LogP contribution in [0.25, 0.3) is 6.08 Å². The second kappa shape index (κ2) is 10.9. The van der Waals surface area contributed by atoms with E-state index in [1.165, 1.54) is 18.1 Å². The molecule has 3 heterocycles. The molecule has 3 atom stereocenters. The van der Waals surface area contributed by atoms with E-state index in [9.17, 15) is 10.1 Å². The Balaban J connectivity index is 1.34. The molecule has 9 heteroatoms. The first-order valence-corrected chi connectivity index (χ1v) is 14.6. The molecule has 1 amide bonds. The number of aromatic nitrogens is 2. The summed E-state index contributed by atoms with van der Waals surface area (Å²) in [5.41, 5.74) is 4.35. The minimum atomic E-state index is -0.229. The largest absolute Gasteiger partial charge is 0.462 e. The Hall–Kier alpha value is -3.41. The molecular weight excluding hydrogens is 524 g/mol. The molecule has 2 aliphatic heterocycles. The summed E-state index contributed by atoms with van der Waals surface area (Å²) < 4.78 is 6.29. The lowest BCUT2D eigenvalue weighted by Gasteiger charge is -2.42. The van der Waals surface area contributed by atoms with Gasteiger partial charge in [0, 0.05) is 48.1 Å². The molecule has 1 spiro atoms. The van der Waals surface area contributed by atoms with Gasteiger partial charge < -0.3 is 19.4 Å². The maximum absolute atomic E-state index is 12.5. The van der Waals surface area contributed by atoms with Crippen molar-refractivity contribution in [3.8, 4) is 12.1 Å². The van der Waals surface area contributed by atoms with Crippen LogP contribution in [0.4, 0.5) is 5.82 Å². The number of allylic oxidation sites excluding steroid dienone is 1. The van der Waals surface area contributed by atoms with Crippen molar-refractivity contribution in [2.24, 2.45) is 0 Å². The van der Waals surface area contributed by atoms with E-state index in [4.69, 9.17) is 26.3 Å². The van der Waals surface area contributed by atoms with Crippen LogP contribution in [0.2, 0.25) is 5.02 Å². The van der Waals surface area contributed by atoms with Crippen LogP contribution in [0.5, 0.6) is 6.01 Å². The topological polar surface area (TPSA) is 85.6 Å². The van der Waals surface area contributed by atoms with Crippen molar-refractivity contribution in [2.75, 3.05) is 44.7 Å². The lowest BCUT2D eigenvalue weighted by Crippen LogP contribution is -2.55. The third-order valence-electron chi connectivity index (χ3n) is 9.16. The van der Waals surface area contributed by atoms with Crippen molar-refractivity contribution in [3.63, 3.8) is 0 Å². The molecule has 2 fully saturated rings. The van der Waals surface area contributed by atoms with Gasteiger partial charge in [-0.15, -0.1) is 0 Å². The maximum atomic E-state index is 12.5. The fraction of sp³-hybridized carbons (Fsp3) is 0.484. The van der Waals surface area contributed by atoms with Crippen LogP contribution in [0, 0.1) is 11.3 Å². The number of carbonyl (C=O) groups excluding carboxylic acids is 1. The van der Waals surface area contributed by atoms with E-state index < -0.39 is 0 Å². The molecule has 0 radical (unpaired) electrons. The predicted octanol–water partition coefficient (Wildman–Crippen LogP) is 4.17. The van der Waals surface area contributed by atoms with E-state index in [0.29, 0.717) is 38.3 Å². The van der Waals surface area contributed by atoms with Crippen molar-refractivity contribution in [1.29, 1.82) is 5.26 Å². The summed E-state index contributed by atoms with van der Waals surface area (Å²) in [6.07, 6.45) is 10.8. The fourth-order valence-corrected chi connectivity index (χ4v) is 7.14. The van der Waals surface area contributed by atoms with E-state index in [1.54, 1.807) is 4.90 Å². The van der Waals surface area contributed by atoms with Gasteiger partial charge in [-0.1, -0.05) is 42.5 Å². The zero-order valence-corrected chi connectivity index (χ0v) is 23.7. The molecule has 40 heavy (non-hydrogen) atoms. The first-order valence-electron chi connectivity index (χ1n) is 14.2. The van der Waals surface area contributed by atoms with Crippen molar-refractivity contribution >= 4 is 29.4 Å². The summed E-state index contributed by atoms with van der Waals surface area (Å²) in [6.45, 7) is 6.95. The second-order valence-corrected chi connectivity index (χ2v) is 11.8. The number of likely N-dealkylation sites (N-methyl/N-ethyl adjacent to an activating group) is 1. The van der Waals surface area contributed by atoms with Gasteiger partial charge in [-0.2, -0.15) is 15.2 Å². The number of nitriles is 1. The number of hydrogen-bond donors (Lipinski definition) is 0. The smallest absolute Gasteiger partial charge is 0.318 e. The summed E-state index contributed by atoms with van der Waals surface area (Å²) in [6, 6.07) is 8.95. The molecule has 2 aromatic rings. The molecule has 0 N–H and O–H groups in total. The zero-order valence-electron chi connectivity index (χ0n) is 23.0. The Morgan fingerprint density at radius 2 is 2.17 bits per heavy atom. The van der Waals surface area contributed by atoms with Crippen LogP contribution in [-0.4, -0.2) is 77.6 Å². The summed E-state index contributed by atoms with van der Waals surface area (Å²) in [7, 11) is 2.14. The number of benzene rings is 1.